The topological polar surface area (TPSA) is 90.2 Å². The van der Waals surface area contributed by atoms with Crippen molar-refractivity contribution in [1.82, 2.24) is 23.8 Å². The van der Waals surface area contributed by atoms with Crippen LogP contribution in [0, 0.1) is 12.8 Å². The third-order valence-electron chi connectivity index (χ3n) is 4.70. The van der Waals surface area contributed by atoms with Crippen molar-refractivity contribution in [3.63, 3.8) is 0 Å². The molecule has 1 fully saturated rings. The van der Waals surface area contributed by atoms with E-state index in [9.17, 15) is 8.42 Å². The summed E-state index contributed by atoms with van der Waals surface area (Å²) in [6.45, 7) is 7.24. The largest absolute Gasteiger partial charge is 0.463 e. The minimum Gasteiger partial charge on any atom is -0.463 e. The number of aromatic nitrogens is 4. The standard InChI is InChI=1S/C18H27N5O3S/c1-13(2)17-21-16(11-22(17)4)27(24,25)23-7-5-6-15(10-23)12-26-18-19-8-14(3)9-20-18/h8-9,11,13,15H,5-7,10,12H2,1-4H3. The molecule has 0 amide bonds. The number of piperidine rings is 1. The van der Waals surface area contributed by atoms with Gasteiger partial charge in [0.25, 0.3) is 10.0 Å². The lowest BCUT2D eigenvalue weighted by Gasteiger charge is -2.31. The highest BCUT2D eigenvalue weighted by atomic mass is 32.2. The van der Waals surface area contributed by atoms with Crippen molar-refractivity contribution in [3.05, 3.63) is 30.0 Å². The molecule has 0 bridgehead atoms. The quantitative estimate of drug-likeness (QED) is 0.747. The van der Waals surface area contributed by atoms with Gasteiger partial charge in [-0.1, -0.05) is 13.8 Å². The zero-order valence-corrected chi connectivity index (χ0v) is 17.1. The van der Waals surface area contributed by atoms with Crippen LogP contribution in [0.2, 0.25) is 0 Å². The second-order valence-corrected chi connectivity index (χ2v) is 9.31. The molecule has 1 atom stereocenters. The van der Waals surface area contributed by atoms with E-state index in [0.29, 0.717) is 25.7 Å². The number of ether oxygens (including phenoxy) is 1. The van der Waals surface area contributed by atoms with Gasteiger partial charge in [0.05, 0.1) is 6.61 Å². The molecule has 0 aromatic carbocycles. The molecule has 2 aromatic rings. The Morgan fingerprint density at radius 1 is 1.30 bits per heavy atom. The van der Waals surface area contributed by atoms with E-state index in [1.54, 1.807) is 23.2 Å². The van der Waals surface area contributed by atoms with Gasteiger partial charge in [-0.25, -0.2) is 23.4 Å². The maximum Gasteiger partial charge on any atom is 0.316 e. The van der Waals surface area contributed by atoms with E-state index in [0.717, 1.165) is 24.2 Å². The van der Waals surface area contributed by atoms with Crippen molar-refractivity contribution in [3.8, 4) is 6.01 Å². The molecular formula is C18H27N5O3S. The lowest BCUT2D eigenvalue weighted by molar-refractivity contribution is 0.171. The number of aryl methyl sites for hydroxylation is 2. The first-order valence-corrected chi connectivity index (χ1v) is 10.7. The number of hydrogen-bond donors (Lipinski definition) is 0. The predicted molar refractivity (Wildman–Crippen MR) is 101 cm³/mol. The highest BCUT2D eigenvalue weighted by Crippen LogP contribution is 2.25. The van der Waals surface area contributed by atoms with Gasteiger partial charge in [-0.15, -0.1) is 0 Å². The molecule has 0 aliphatic carbocycles. The Labute approximate surface area is 160 Å². The third kappa shape index (κ3) is 4.47. The van der Waals surface area contributed by atoms with Crippen LogP contribution in [-0.2, 0) is 17.1 Å². The minimum atomic E-state index is -3.60. The lowest BCUT2D eigenvalue weighted by atomic mass is 10.0. The van der Waals surface area contributed by atoms with Crippen molar-refractivity contribution < 1.29 is 13.2 Å². The van der Waals surface area contributed by atoms with Gasteiger partial charge in [0.2, 0.25) is 0 Å². The zero-order valence-electron chi connectivity index (χ0n) is 16.3. The van der Waals surface area contributed by atoms with Crippen LogP contribution in [-0.4, -0.2) is 51.9 Å². The summed E-state index contributed by atoms with van der Waals surface area (Å²) in [5.41, 5.74) is 0.966. The Morgan fingerprint density at radius 3 is 2.63 bits per heavy atom. The zero-order chi connectivity index (χ0) is 19.6. The van der Waals surface area contributed by atoms with Gasteiger partial charge in [-0.05, 0) is 25.3 Å². The molecule has 27 heavy (non-hydrogen) atoms. The predicted octanol–water partition coefficient (Wildman–Crippen LogP) is 2.12. The summed E-state index contributed by atoms with van der Waals surface area (Å²) in [6, 6.07) is 0.326. The molecule has 148 valence electrons. The molecule has 1 unspecified atom stereocenters. The summed E-state index contributed by atoms with van der Waals surface area (Å²) in [5.74, 6) is 1.03. The molecule has 3 heterocycles. The van der Waals surface area contributed by atoms with Gasteiger partial charge >= 0.3 is 6.01 Å². The average molecular weight is 394 g/mol. The van der Waals surface area contributed by atoms with E-state index in [1.165, 1.54) is 4.31 Å². The first-order valence-electron chi connectivity index (χ1n) is 9.22. The van der Waals surface area contributed by atoms with E-state index in [1.807, 2.05) is 27.8 Å². The Balaban J connectivity index is 1.67. The number of imidazole rings is 1. The van der Waals surface area contributed by atoms with Gasteiger partial charge in [0, 0.05) is 50.6 Å². The molecule has 1 saturated heterocycles. The van der Waals surface area contributed by atoms with Crippen LogP contribution in [0.25, 0.3) is 0 Å². The fourth-order valence-electron chi connectivity index (χ4n) is 3.27. The summed E-state index contributed by atoms with van der Waals surface area (Å²) < 4.78 is 35.0. The van der Waals surface area contributed by atoms with Crippen molar-refractivity contribution in [2.45, 2.75) is 44.6 Å². The molecule has 8 nitrogen and oxygen atoms in total. The summed E-state index contributed by atoms with van der Waals surface area (Å²) in [6.07, 6.45) is 6.72. The molecule has 0 N–H and O–H groups in total. The van der Waals surface area contributed by atoms with Crippen LogP contribution in [0.15, 0.2) is 23.6 Å². The molecule has 2 aromatic heterocycles. The number of hydrogen-bond acceptors (Lipinski definition) is 6. The van der Waals surface area contributed by atoms with E-state index >= 15 is 0 Å². The van der Waals surface area contributed by atoms with E-state index in [-0.39, 0.29) is 16.9 Å². The van der Waals surface area contributed by atoms with Crippen LogP contribution >= 0.6 is 0 Å². The first-order chi connectivity index (χ1) is 12.8. The van der Waals surface area contributed by atoms with Crippen molar-refractivity contribution >= 4 is 10.0 Å². The summed E-state index contributed by atoms with van der Waals surface area (Å²) in [7, 11) is -1.77. The smallest absolute Gasteiger partial charge is 0.316 e. The van der Waals surface area contributed by atoms with Crippen LogP contribution in [0.1, 0.15) is 44.0 Å². The van der Waals surface area contributed by atoms with Crippen molar-refractivity contribution in [1.29, 1.82) is 0 Å². The Kier molecular flexibility index (Phi) is 5.81. The molecule has 1 aliphatic rings. The van der Waals surface area contributed by atoms with Crippen LogP contribution < -0.4 is 4.74 Å². The second kappa shape index (κ2) is 7.93. The molecule has 1 aliphatic heterocycles. The molecular weight excluding hydrogens is 366 g/mol. The van der Waals surface area contributed by atoms with Gasteiger partial charge in [-0.3, -0.25) is 0 Å². The maximum absolute atomic E-state index is 13.0. The Morgan fingerprint density at radius 2 is 2.00 bits per heavy atom. The van der Waals surface area contributed by atoms with Gasteiger partial charge in [0.1, 0.15) is 5.82 Å². The van der Waals surface area contributed by atoms with Gasteiger partial charge < -0.3 is 9.30 Å². The van der Waals surface area contributed by atoms with Gasteiger partial charge in [0.15, 0.2) is 5.03 Å². The molecule has 0 spiro atoms. The fourth-order valence-corrected chi connectivity index (χ4v) is 4.82. The average Bonchev–Trinajstić information content (AvgIpc) is 3.04. The molecule has 3 rings (SSSR count). The SMILES string of the molecule is Cc1cnc(OCC2CCCN(S(=O)(=O)c3cn(C)c(C(C)C)n3)C2)nc1. The van der Waals surface area contributed by atoms with E-state index in [2.05, 4.69) is 15.0 Å². The maximum atomic E-state index is 13.0. The number of rotatable bonds is 6. The van der Waals surface area contributed by atoms with Crippen molar-refractivity contribution in [2.75, 3.05) is 19.7 Å². The van der Waals surface area contributed by atoms with E-state index < -0.39 is 10.0 Å². The normalized spacial score (nSPS) is 18.8. The molecule has 0 saturated carbocycles. The monoisotopic (exact) mass is 393 g/mol. The highest BCUT2D eigenvalue weighted by Gasteiger charge is 2.33. The minimum absolute atomic E-state index is 0.103. The number of nitrogens with zero attached hydrogens (tertiary/aromatic N) is 5. The third-order valence-corrected chi connectivity index (χ3v) is 6.43. The van der Waals surface area contributed by atoms with E-state index in [4.69, 9.17) is 4.74 Å². The van der Waals surface area contributed by atoms with Crippen LogP contribution in [0.5, 0.6) is 6.01 Å². The molecule has 0 radical (unpaired) electrons. The summed E-state index contributed by atoms with van der Waals surface area (Å²) >= 11 is 0. The second-order valence-electron chi connectivity index (χ2n) is 7.43. The molecule has 9 heteroatoms. The van der Waals surface area contributed by atoms with Crippen LogP contribution in [0.4, 0.5) is 0 Å². The Hall–Kier alpha value is -2.00. The van der Waals surface area contributed by atoms with Crippen LogP contribution in [0.3, 0.4) is 0 Å². The first kappa shape index (κ1) is 19.8. The van der Waals surface area contributed by atoms with Gasteiger partial charge in [-0.2, -0.15) is 4.31 Å². The summed E-state index contributed by atoms with van der Waals surface area (Å²) in [4.78, 5) is 12.6. The Bertz CT molecular complexity index is 877. The number of sulfonamides is 1. The fraction of sp³-hybridized carbons (Fsp3) is 0.611. The summed E-state index contributed by atoms with van der Waals surface area (Å²) in [5, 5.41) is 0.122. The highest BCUT2D eigenvalue weighted by molar-refractivity contribution is 7.89. The van der Waals surface area contributed by atoms with Crippen molar-refractivity contribution in [2.24, 2.45) is 13.0 Å². The lowest BCUT2D eigenvalue weighted by Crippen LogP contribution is -2.41.